The van der Waals surface area contributed by atoms with E-state index in [1.165, 1.54) is 5.56 Å². The van der Waals surface area contributed by atoms with Crippen molar-refractivity contribution >= 4 is 21.4 Å². The smallest absolute Gasteiger partial charge is 0.144 e. The predicted molar refractivity (Wildman–Crippen MR) is 73.1 cm³/mol. The summed E-state index contributed by atoms with van der Waals surface area (Å²) in [4.78, 5) is 4.49. The van der Waals surface area contributed by atoms with Crippen molar-refractivity contribution in [1.29, 1.82) is 0 Å². The van der Waals surface area contributed by atoms with Gasteiger partial charge in [-0.15, -0.1) is 0 Å². The van der Waals surface area contributed by atoms with Gasteiger partial charge in [0, 0.05) is 16.2 Å². The van der Waals surface area contributed by atoms with E-state index >= 15 is 0 Å². The second kappa shape index (κ2) is 4.00. The van der Waals surface area contributed by atoms with E-state index < -0.39 is 0 Å². The number of nitrogens with zero attached hydrogens (tertiary/aromatic N) is 2. The Morgan fingerprint density at radius 3 is 2.88 bits per heavy atom. The molecule has 0 bridgehead atoms. The van der Waals surface area contributed by atoms with Gasteiger partial charge in [0.25, 0.3) is 0 Å². The van der Waals surface area contributed by atoms with Crippen molar-refractivity contribution in [2.75, 3.05) is 0 Å². The van der Waals surface area contributed by atoms with E-state index in [4.69, 9.17) is 0 Å². The fourth-order valence-corrected chi connectivity index (χ4v) is 2.32. The third-order valence-corrected chi connectivity index (χ3v) is 3.26. The molecule has 0 aliphatic carbocycles. The van der Waals surface area contributed by atoms with Crippen molar-refractivity contribution in [2.45, 2.75) is 6.92 Å². The quantitative estimate of drug-likeness (QED) is 0.659. The van der Waals surface area contributed by atoms with E-state index in [1.54, 1.807) is 0 Å². The van der Waals surface area contributed by atoms with Crippen LogP contribution in [0.3, 0.4) is 0 Å². The molecule has 1 aromatic carbocycles. The van der Waals surface area contributed by atoms with Crippen LogP contribution in [0.1, 0.15) is 5.56 Å². The van der Waals surface area contributed by atoms with Crippen LogP contribution in [0.2, 0.25) is 0 Å². The predicted octanol–water partition coefficient (Wildman–Crippen LogP) is 4.07. The zero-order valence-electron chi connectivity index (χ0n) is 9.39. The van der Waals surface area contributed by atoms with Gasteiger partial charge in [0.1, 0.15) is 5.82 Å². The first kappa shape index (κ1) is 10.5. The number of hydrogen-bond donors (Lipinski definition) is 0. The number of fused-ring (bicyclic) bond motifs is 1. The summed E-state index contributed by atoms with van der Waals surface area (Å²) in [6.07, 6.45) is 3.92. The fraction of sp³-hybridized carbons (Fsp3) is 0.0714. The minimum absolute atomic E-state index is 0.983. The molecule has 0 N–H and O–H groups in total. The number of rotatable bonds is 1. The Balaban J connectivity index is 2.24. The number of imidazole rings is 1. The standard InChI is InChI=1S/C14H11BrN2/c1-10-3-2-4-11(7-10)14-16-9-13-8-12(15)5-6-17(13)14/h2-9H,1H3. The lowest BCUT2D eigenvalue weighted by molar-refractivity contribution is 1.16. The number of aryl methyl sites for hydroxylation is 1. The van der Waals surface area contributed by atoms with E-state index in [-0.39, 0.29) is 0 Å². The van der Waals surface area contributed by atoms with Crippen LogP contribution >= 0.6 is 15.9 Å². The van der Waals surface area contributed by atoms with Crippen molar-refractivity contribution in [2.24, 2.45) is 0 Å². The first-order valence-electron chi connectivity index (χ1n) is 5.44. The third kappa shape index (κ3) is 1.87. The monoisotopic (exact) mass is 286 g/mol. The summed E-state index contributed by atoms with van der Waals surface area (Å²) in [5.74, 6) is 0.983. The van der Waals surface area contributed by atoms with Crippen LogP contribution in [-0.2, 0) is 0 Å². The maximum Gasteiger partial charge on any atom is 0.144 e. The van der Waals surface area contributed by atoms with Gasteiger partial charge in [-0.05, 0) is 25.1 Å². The Hall–Kier alpha value is -1.61. The lowest BCUT2D eigenvalue weighted by atomic mass is 10.1. The van der Waals surface area contributed by atoms with Gasteiger partial charge in [-0.25, -0.2) is 4.98 Å². The first-order chi connectivity index (χ1) is 8.24. The van der Waals surface area contributed by atoms with Crippen molar-refractivity contribution in [3.05, 3.63) is 58.8 Å². The Morgan fingerprint density at radius 1 is 1.18 bits per heavy atom. The second-order valence-electron chi connectivity index (χ2n) is 4.09. The van der Waals surface area contributed by atoms with Crippen molar-refractivity contribution in [3.63, 3.8) is 0 Å². The SMILES string of the molecule is Cc1cccc(-c2ncc3cc(Br)ccn23)c1. The summed E-state index contributed by atoms with van der Waals surface area (Å²) >= 11 is 3.47. The number of benzene rings is 1. The average Bonchev–Trinajstić information content (AvgIpc) is 2.71. The van der Waals surface area contributed by atoms with Gasteiger partial charge in [0.05, 0.1) is 11.7 Å². The zero-order chi connectivity index (χ0) is 11.8. The number of halogens is 1. The van der Waals surface area contributed by atoms with E-state index in [0.29, 0.717) is 0 Å². The summed E-state index contributed by atoms with van der Waals surface area (Å²) in [5, 5.41) is 0. The molecule has 3 aromatic rings. The molecule has 0 aliphatic heterocycles. The molecule has 0 radical (unpaired) electrons. The Labute approximate surface area is 108 Å². The maximum absolute atomic E-state index is 4.49. The highest BCUT2D eigenvalue weighted by Crippen LogP contribution is 2.22. The molecule has 17 heavy (non-hydrogen) atoms. The second-order valence-corrected chi connectivity index (χ2v) is 5.01. The van der Waals surface area contributed by atoms with E-state index in [0.717, 1.165) is 21.4 Å². The van der Waals surface area contributed by atoms with Crippen LogP contribution in [0.4, 0.5) is 0 Å². The Kier molecular flexibility index (Phi) is 2.48. The van der Waals surface area contributed by atoms with Gasteiger partial charge < -0.3 is 0 Å². The lowest BCUT2D eigenvalue weighted by Gasteiger charge is -2.02. The zero-order valence-corrected chi connectivity index (χ0v) is 11.0. The molecule has 0 amide bonds. The van der Waals surface area contributed by atoms with Gasteiger partial charge >= 0.3 is 0 Å². The molecule has 0 saturated carbocycles. The number of hydrogen-bond acceptors (Lipinski definition) is 1. The molecule has 2 aromatic heterocycles. The summed E-state index contributed by atoms with van der Waals surface area (Å²) in [6.45, 7) is 2.09. The number of pyridine rings is 1. The van der Waals surface area contributed by atoms with Gasteiger partial charge in [-0.3, -0.25) is 4.40 Å². The van der Waals surface area contributed by atoms with Crippen LogP contribution < -0.4 is 0 Å². The lowest BCUT2D eigenvalue weighted by Crippen LogP contribution is -1.89. The van der Waals surface area contributed by atoms with E-state index in [9.17, 15) is 0 Å². The van der Waals surface area contributed by atoms with Crippen molar-refractivity contribution in [1.82, 2.24) is 9.38 Å². The van der Waals surface area contributed by atoms with Crippen molar-refractivity contribution < 1.29 is 0 Å². The molecule has 0 fully saturated rings. The van der Waals surface area contributed by atoms with Crippen LogP contribution in [0.15, 0.2) is 53.3 Å². The molecule has 0 spiro atoms. The highest BCUT2D eigenvalue weighted by atomic mass is 79.9. The molecule has 84 valence electrons. The Morgan fingerprint density at radius 2 is 2.06 bits per heavy atom. The Bertz CT molecular complexity index is 686. The normalized spacial score (nSPS) is 10.9. The largest absolute Gasteiger partial charge is 0.300 e. The topological polar surface area (TPSA) is 17.3 Å². The molecular weight excluding hydrogens is 276 g/mol. The van der Waals surface area contributed by atoms with E-state index in [2.05, 4.69) is 62.6 Å². The molecule has 2 heterocycles. The highest BCUT2D eigenvalue weighted by Gasteiger charge is 2.06. The maximum atomic E-state index is 4.49. The molecule has 3 rings (SSSR count). The van der Waals surface area contributed by atoms with Gasteiger partial charge in [0.15, 0.2) is 0 Å². The van der Waals surface area contributed by atoms with Gasteiger partial charge in [-0.1, -0.05) is 39.7 Å². The molecule has 2 nitrogen and oxygen atoms in total. The summed E-state index contributed by atoms with van der Waals surface area (Å²) in [5.41, 5.74) is 3.49. The summed E-state index contributed by atoms with van der Waals surface area (Å²) < 4.78 is 3.17. The fourth-order valence-electron chi connectivity index (χ4n) is 1.97. The van der Waals surface area contributed by atoms with Gasteiger partial charge in [0.2, 0.25) is 0 Å². The molecule has 0 unspecified atom stereocenters. The molecule has 0 atom stereocenters. The average molecular weight is 287 g/mol. The van der Waals surface area contributed by atoms with Crippen LogP contribution in [-0.4, -0.2) is 9.38 Å². The molecule has 3 heteroatoms. The van der Waals surface area contributed by atoms with Crippen LogP contribution in [0.5, 0.6) is 0 Å². The van der Waals surface area contributed by atoms with Crippen molar-refractivity contribution in [3.8, 4) is 11.4 Å². The minimum Gasteiger partial charge on any atom is -0.300 e. The van der Waals surface area contributed by atoms with Gasteiger partial charge in [-0.2, -0.15) is 0 Å². The first-order valence-corrected chi connectivity index (χ1v) is 6.23. The molecule has 0 aliphatic rings. The molecule has 0 saturated heterocycles. The third-order valence-electron chi connectivity index (χ3n) is 2.77. The number of aromatic nitrogens is 2. The van der Waals surface area contributed by atoms with Crippen LogP contribution in [0, 0.1) is 6.92 Å². The summed E-state index contributed by atoms with van der Waals surface area (Å²) in [6, 6.07) is 12.5. The van der Waals surface area contributed by atoms with Crippen LogP contribution in [0.25, 0.3) is 16.9 Å². The highest BCUT2D eigenvalue weighted by molar-refractivity contribution is 9.10. The summed E-state index contributed by atoms with van der Waals surface area (Å²) in [7, 11) is 0. The minimum atomic E-state index is 0.983. The molecular formula is C14H11BrN2. The van der Waals surface area contributed by atoms with E-state index in [1.807, 2.05) is 18.5 Å².